The summed E-state index contributed by atoms with van der Waals surface area (Å²) in [5.74, 6) is 0. The molecule has 20 heavy (non-hydrogen) atoms. The summed E-state index contributed by atoms with van der Waals surface area (Å²) >= 11 is 1.73. The van der Waals surface area contributed by atoms with Crippen LogP contribution in [0.3, 0.4) is 0 Å². The van der Waals surface area contributed by atoms with Gasteiger partial charge in [0.2, 0.25) is 0 Å². The maximum absolute atomic E-state index is 10.7. The second kappa shape index (κ2) is 5.98. The molecule has 1 aromatic carbocycles. The summed E-state index contributed by atoms with van der Waals surface area (Å²) in [5, 5.41) is 15.0. The Morgan fingerprint density at radius 2 is 1.85 bits per heavy atom. The molecule has 0 spiro atoms. The molecule has 1 fully saturated rings. The quantitative estimate of drug-likeness (QED) is 0.926. The number of hydrogen-bond acceptors (Lipinski definition) is 3. The topological polar surface area (TPSA) is 23.5 Å². The van der Waals surface area contributed by atoms with Gasteiger partial charge in [0.05, 0.1) is 5.60 Å². The molecule has 0 amide bonds. The van der Waals surface area contributed by atoms with Crippen molar-refractivity contribution in [1.82, 2.24) is 0 Å². The predicted octanol–water partition coefficient (Wildman–Crippen LogP) is 3.71. The van der Waals surface area contributed by atoms with Crippen molar-refractivity contribution in [2.45, 2.75) is 31.3 Å². The van der Waals surface area contributed by atoms with Gasteiger partial charge in [0, 0.05) is 18.8 Å². The van der Waals surface area contributed by atoms with Crippen LogP contribution < -0.4 is 4.90 Å². The first-order chi connectivity index (χ1) is 9.75. The lowest BCUT2D eigenvalue weighted by Crippen LogP contribution is -2.44. The molecule has 2 heterocycles. The van der Waals surface area contributed by atoms with E-state index in [-0.39, 0.29) is 0 Å². The molecular formula is C17H21NOS. The number of aliphatic hydroxyl groups is 1. The summed E-state index contributed by atoms with van der Waals surface area (Å²) in [6.45, 7) is 1.90. The molecule has 1 saturated heterocycles. The molecule has 3 rings (SSSR count). The fraction of sp³-hybridized carbons (Fsp3) is 0.412. The summed E-state index contributed by atoms with van der Waals surface area (Å²) in [6.07, 6.45) is 3.61. The zero-order valence-electron chi connectivity index (χ0n) is 11.7. The van der Waals surface area contributed by atoms with Crippen LogP contribution in [-0.2, 0) is 6.42 Å². The number of thiophene rings is 1. The predicted molar refractivity (Wildman–Crippen MR) is 85.5 cm³/mol. The summed E-state index contributed by atoms with van der Waals surface area (Å²) < 4.78 is 0. The van der Waals surface area contributed by atoms with E-state index < -0.39 is 5.60 Å². The van der Waals surface area contributed by atoms with Gasteiger partial charge < -0.3 is 10.0 Å². The van der Waals surface area contributed by atoms with Gasteiger partial charge in [-0.05, 0) is 60.2 Å². The van der Waals surface area contributed by atoms with E-state index in [0.29, 0.717) is 0 Å². The van der Waals surface area contributed by atoms with Crippen LogP contribution in [0.4, 0.5) is 5.69 Å². The van der Waals surface area contributed by atoms with Gasteiger partial charge in [0.25, 0.3) is 0 Å². The molecule has 0 aliphatic carbocycles. The van der Waals surface area contributed by atoms with Crippen LogP contribution in [0.1, 0.15) is 24.8 Å². The highest BCUT2D eigenvalue weighted by atomic mass is 32.1. The van der Waals surface area contributed by atoms with E-state index in [0.717, 1.165) is 38.8 Å². The first-order valence-corrected chi connectivity index (χ1v) is 8.23. The maximum atomic E-state index is 10.7. The monoisotopic (exact) mass is 287 g/mol. The number of piperidine rings is 1. The molecule has 0 radical (unpaired) electrons. The van der Waals surface area contributed by atoms with Crippen molar-refractivity contribution in [3.05, 3.63) is 52.7 Å². The van der Waals surface area contributed by atoms with E-state index in [2.05, 4.69) is 46.0 Å². The van der Waals surface area contributed by atoms with Crippen LogP contribution >= 0.6 is 11.3 Å². The standard InChI is InChI=1S/C17H21NOS/c19-17(8-6-15-7-13-20-14-15)9-11-18(12-10-17)16-4-2-1-3-5-16/h1-5,7,13-14,19H,6,8-12H2. The minimum absolute atomic E-state index is 0.479. The molecule has 0 atom stereocenters. The molecule has 1 aliphatic rings. The summed E-state index contributed by atoms with van der Waals surface area (Å²) in [4.78, 5) is 2.37. The molecule has 0 unspecified atom stereocenters. The fourth-order valence-electron chi connectivity index (χ4n) is 2.88. The lowest BCUT2D eigenvalue weighted by molar-refractivity contribution is 0.00832. The summed E-state index contributed by atoms with van der Waals surface area (Å²) in [6, 6.07) is 12.7. The summed E-state index contributed by atoms with van der Waals surface area (Å²) in [5.41, 5.74) is 2.15. The van der Waals surface area contributed by atoms with Crippen molar-refractivity contribution in [3.63, 3.8) is 0 Å². The third-order valence-corrected chi connectivity index (χ3v) is 5.01. The largest absolute Gasteiger partial charge is 0.390 e. The number of rotatable bonds is 4. The number of para-hydroxylation sites is 1. The van der Waals surface area contributed by atoms with Gasteiger partial charge in [-0.15, -0.1) is 0 Å². The SMILES string of the molecule is OC1(CCc2ccsc2)CCN(c2ccccc2)CC1. The Morgan fingerprint density at radius 3 is 2.50 bits per heavy atom. The van der Waals surface area contributed by atoms with Crippen LogP contribution in [0.5, 0.6) is 0 Å². The molecule has 1 N–H and O–H groups in total. The number of hydrogen-bond donors (Lipinski definition) is 1. The molecule has 1 aliphatic heterocycles. The molecule has 2 nitrogen and oxygen atoms in total. The number of anilines is 1. The molecule has 0 bridgehead atoms. The van der Waals surface area contributed by atoms with Crippen LogP contribution in [-0.4, -0.2) is 23.8 Å². The van der Waals surface area contributed by atoms with Crippen molar-refractivity contribution in [2.24, 2.45) is 0 Å². The van der Waals surface area contributed by atoms with E-state index in [1.165, 1.54) is 11.3 Å². The maximum Gasteiger partial charge on any atom is 0.0684 e. The van der Waals surface area contributed by atoms with Crippen molar-refractivity contribution >= 4 is 17.0 Å². The second-order valence-corrected chi connectivity index (χ2v) is 6.46. The Balaban J connectivity index is 1.54. The van der Waals surface area contributed by atoms with Gasteiger partial charge in [0.1, 0.15) is 0 Å². The Hall–Kier alpha value is -1.32. The highest BCUT2D eigenvalue weighted by Crippen LogP contribution is 2.30. The normalized spacial score (nSPS) is 18.1. The zero-order chi connectivity index (χ0) is 13.8. The van der Waals surface area contributed by atoms with Crippen molar-refractivity contribution in [3.8, 4) is 0 Å². The Labute approximate surface area is 124 Å². The Kier molecular flexibility index (Phi) is 4.08. The van der Waals surface area contributed by atoms with Crippen molar-refractivity contribution in [1.29, 1.82) is 0 Å². The van der Waals surface area contributed by atoms with Gasteiger partial charge in [-0.1, -0.05) is 18.2 Å². The van der Waals surface area contributed by atoms with Gasteiger partial charge in [-0.2, -0.15) is 11.3 Å². The molecule has 0 saturated carbocycles. The second-order valence-electron chi connectivity index (χ2n) is 5.68. The number of aryl methyl sites for hydroxylation is 1. The van der Waals surface area contributed by atoms with Crippen molar-refractivity contribution < 1.29 is 5.11 Å². The average Bonchev–Trinajstić information content (AvgIpc) is 3.01. The van der Waals surface area contributed by atoms with Crippen LogP contribution in [0, 0.1) is 0 Å². The smallest absolute Gasteiger partial charge is 0.0684 e. The van der Waals surface area contributed by atoms with Gasteiger partial charge in [-0.25, -0.2) is 0 Å². The van der Waals surface area contributed by atoms with Crippen LogP contribution in [0.2, 0.25) is 0 Å². The molecular weight excluding hydrogens is 266 g/mol. The fourth-order valence-corrected chi connectivity index (χ4v) is 3.59. The van der Waals surface area contributed by atoms with E-state index in [1.54, 1.807) is 11.3 Å². The Bertz CT molecular complexity index is 515. The first kappa shape index (κ1) is 13.7. The van der Waals surface area contributed by atoms with Crippen LogP contribution in [0.25, 0.3) is 0 Å². The lowest BCUT2D eigenvalue weighted by atomic mass is 9.86. The van der Waals surface area contributed by atoms with E-state index in [4.69, 9.17) is 0 Å². The average molecular weight is 287 g/mol. The third kappa shape index (κ3) is 3.22. The number of nitrogens with zero attached hydrogens (tertiary/aromatic N) is 1. The van der Waals surface area contributed by atoms with E-state index in [9.17, 15) is 5.11 Å². The molecule has 106 valence electrons. The van der Waals surface area contributed by atoms with Gasteiger partial charge >= 0.3 is 0 Å². The molecule has 1 aromatic heterocycles. The number of benzene rings is 1. The zero-order valence-corrected chi connectivity index (χ0v) is 12.5. The van der Waals surface area contributed by atoms with Crippen molar-refractivity contribution in [2.75, 3.05) is 18.0 Å². The van der Waals surface area contributed by atoms with E-state index in [1.807, 2.05) is 6.07 Å². The highest BCUT2D eigenvalue weighted by molar-refractivity contribution is 7.07. The van der Waals surface area contributed by atoms with Gasteiger partial charge in [0.15, 0.2) is 0 Å². The van der Waals surface area contributed by atoms with E-state index >= 15 is 0 Å². The summed E-state index contributed by atoms with van der Waals surface area (Å²) in [7, 11) is 0. The lowest BCUT2D eigenvalue weighted by Gasteiger charge is -2.39. The van der Waals surface area contributed by atoms with Crippen LogP contribution in [0.15, 0.2) is 47.2 Å². The first-order valence-electron chi connectivity index (χ1n) is 7.29. The minimum atomic E-state index is -0.479. The Morgan fingerprint density at radius 1 is 1.10 bits per heavy atom. The third-order valence-electron chi connectivity index (χ3n) is 4.27. The molecule has 2 aromatic rings. The van der Waals surface area contributed by atoms with Gasteiger partial charge in [-0.3, -0.25) is 0 Å². The minimum Gasteiger partial charge on any atom is -0.390 e. The molecule has 3 heteroatoms. The highest BCUT2D eigenvalue weighted by Gasteiger charge is 2.31.